The van der Waals surface area contributed by atoms with Crippen LogP contribution in [0.25, 0.3) is 0 Å². The zero-order valence-corrected chi connectivity index (χ0v) is 5.13. The fraction of sp³-hybridized carbons (Fsp3) is 0. The van der Waals surface area contributed by atoms with Crippen LogP contribution in [0.2, 0.25) is 0 Å². The van der Waals surface area contributed by atoms with Gasteiger partial charge < -0.3 is 0 Å². The van der Waals surface area contributed by atoms with Crippen LogP contribution < -0.4 is 0 Å². The molecule has 0 N–H and O–H groups in total. The van der Waals surface area contributed by atoms with Crippen LogP contribution in [0.1, 0.15) is 20.7 Å². The van der Waals surface area contributed by atoms with Crippen molar-refractivity contribution in [2.24, 2.45) is 0 Å². The number of carbonyl (C=O) groups is 2. The number of carbonyl (C=O) groups excluding carboxylic acids is 2. The molecule has 2 aliphatic carbocycles. The average molecular weight is 132 g/mol. The fourth-order valence-electron chi connectivity index (χ4n) is 1.04. The zero-order valence-electron chi connectivity index (χ0n) is 5.13. The van der Waals surface area contributed by atoms with Crippen LogP contribution in [-0.2, 0) is 0 Å². The quantitative estimate of drug-likeness (QED) is 0.495. The lowest BCUT2D eigenvalue weighted by molar-refractivity contribution is 0.0812. The minimum atomic E-state index is -0.375. The molecule has 0 radical (unpaired) electrons. The van der Waals surface area contributed by atoms with Crippen molar-refractivity contribution in [2.75, 3.05) is 0 Å². The van der Waals surface area contributed by atoms with Gasteiger partial charge in [-0.2, -0.15) is 0 Å². The lowest BCUT2D eigenvalue weighted by Crippen LogP contribution is -2.18. The molecule has 2 heteroatoms. The molecule has 2 nitrogen and oxygen atoms in total. The van der Waals surface area contributed by atoms with Crippen molar-refractivity contribution in [1.82, 2.24) is 0 Å². The molecule has 1 aromatic carbocycles. The second kappa shape index (κ2) is 1.53. The molecule has 0 aromatic heterocycles. The van der Waals surface area contributed by atoms with E-state index in [1.807, 2.05) is 0 Å². The molecule has 0 heterocycles. The molecule has 0 spiro atoms. The summed E-state index contributed by atoms with van der Waals surface area (Å²) in [5.41, 5.74) is 1.00. The van der Waals surface area contributed by atoms with Gasteiger partial charge in [-0.15, -0.1) is 0 Å². The van der Waals surface area contributed by atoms with E-state index in [-0.39, 0.29) is 11.6 Å². The van der Waals surface area contributed by atoms with Gasteiger partial charge in [0.05, 0.1) is 0 Å². The molecule has 1 aromatic rings. The van der Waals surface area contributed by atoms with Crippen LogP contribution in [0.5, 0.6) is 0 Å². The number of benzene rings is 1. The molecule has 0 saturated carbocycles. The summed E-state index contributed by atoms with van der Waals surface area (Å²) < 4.78 is 0. The van der Waals surface area contributed by atoms with E-state index in [0.717, 1.165) is 0 Å². The van der Waals surface area contributed by atoms with E-state index in [1.165, 1.54) is 0 Å². The van der Waals surface area contributed by atoms with Crippen LogP contribution >= 0.6 is 0 Å². The molecule has 0 aliphatic heterocycles. The Bertz CT molecular complexity index is 276. The van der Waals surface area contributed by atoms with Crippen molar-refractivity contribution in [2.45, 2.75) is 0 Å². The van der Waals surface area contributed by atoms with Crippen LogP contribution in [0, 0.1) is 0 Å². The van der Waals surface area contributed by atoms with E-state index in [0.29, 0.717) is 11.1 Å². The lowest BCUT2D eigenvalue weighted by Gasteiger charge is -2.07. The highest BCUT2D eigenvalue weighted by Crippen LogP contribution is 2.14. The first-order chi connectivity index (χ1) is 4.79. The molecular weight excluding hydrogens is 128 g/mol. The minimum absolute atomic E-state index is 0.375. The van der Waals surface area contributed by atoms with Crippen molar-refractivity contribution in [3.05, 3.63) is 35.4 Å². The lowest BCUT2D eigenvalue weighted by atomic mass is 9.94. The van der Waals surface area contributed by atoms with Gasteiger partial charge in [-0.3, -0.25) is 9.59 Å². The normalized spacial score (nSPS) is 14.4. The van der Waals surface area contributed by atoms with Crippen molar-refractivity contribution in [1.29, 1.82) is 0 Å². The highest BCUT2D eigenvalue weighted by molar-refractivity contribution is 6.50. The number of Topliss-reactive ketones (excluding diaryl/α,β-unsaturated/α-hetero) is 2. The number of rotatable bonds is 0. The van der Waals surface area contributed by atoms with Gasteiger partial charge in [-0.25, -0.2) is 0 Å². The van der Waals surface area contributed by atoms with Crippen molar-refractivity contribution in [3.8, 4) is 0 Å². The topological polar surface area (TPSA) is 34.1 Å². The molecule has 0 fully saturated rings. The van der Waals surface area contributed by atoms with E-state index < -0.39 is 0 Å². The predicted molar refractivity (Wildman–Crippen MR) is 35.1 cm³/mol. The smallest absolute Gasteiger partial charge is 0.233 e. The zero-order chi connectivity index (χ0) is 7.14. The summed E-state index contributed by atoms with van der Waals surface area (Å²) >= 11 is 0. The van der Waals surface area contributed by atoms with Gasteiger partial charge >= 0.3 is 0 Å². The van der Waals surface area contributed by atoms with Crippen LogP contribution in [0.4, 0.5) is 0 Å². The number of hydrogen-bond donors (Lipinski definition) is 0. The summed E-state index contributed by atoms with van der Waals surface area (Å²) in [4.78, 5) is 21.8. The van der Waals surface area contributed by atoms with Gasteiger partial charge in [0, 0.05) is 11.1 Å². The molecule has 3 rings (SSSR count). The molecule has 2 bridgehead atoms. The summed E-state index contributed by atoms with van der Waals surface area (Å²) in [6, 6.07) is 6.66. The van der Waals surface area contributed by atoms with Crippen molar-refractivity contribution < 1.29 is 9.59 Å². The van der Waals surface area contributed by atoms with E-state index in [4.69, 9.17) is 0 Å². The molecule has 48 valence electrons. The summed E-state index contributed by atoms with van der Waals surface area (Å²) in [6.07, 6.45) is 0. The first-order valence-electron chi connectivity index (χ1n) is 2.98. The maximum absolute atomic E-state index is 10.9. The SMILES string of the molecule is O=C1C(=O)c2ccc1cc2. The van der Waals surface area contributed by atoms with E-state index >= 15 is 0 Å². The molecule has 0 amide bonds. The molecule has 10 heavy (non-hydrogen) atoms. The maximum Gasteiger partial charge on any atom is 0.233 e. The Morgan fingerprint density at radius 2 is 1.00 bits per heavy atom. The Morgan fingerprint density at radius 3 is 1.20 bits per heavy atom. The highest BCUT2D eigenvalue weighted by Gasteiger charge is 2.22. The van der Waals surface area contributed by atoms with Gasteiger partial charge in [0.15, 0.2) is 0 Å². The van der Waals surface area contributed by atoms with E-state index in [1.54, 1.807) is 24.3 Å². The Morgan fingerprint density at radius 1 is 0.700 bits per heavy atom. The third-order valence-electron chi connectivity index (χ3n) is 1.62. The van der Waals surface area contributed by atoms with Gasteiger partial charge in [0.1, 0.15) is 0 Å². The summed E-state index contributed by atoms with van der Waals surface area (Å²) in [7, 11) is 0. The molecule has 0 saturated heterocycles. The van der Waals surface area contributed by atoms with Crippen LogP contribution in [0.3, 0.4) is 0 Å². The summed E-state index contributed by atoms with van der Waals surface area (Å²) in [6.45, 7) is 0. The Balaban J connectivity index is 2.81. The Kier molecular flexibility index (Phi) is 0.822. The van der Waals surface area contributed by atoms with E-state index in [2.05, 4.69) is 0 Å². The first-order valence-corrected chi connectivity index (χ1v) is 2.98. The van der Waals surface area contributed by atoms with Gasteiger partial charge in [-0.1, -0.05) is 24.3 Å². The van der Waals surface area contributed by atoms with Crippen molar-refractivity contribution >= 4 is 11.6 Å². The monoisotopic (exact) mass is 132 g/mol. The highest BCUT2D eigenvalue weighted by atomic mass is 16.2. The third kappa shape index (κ3) is 0.480. The summed E-state index contributed by atoms with van der Waals surface area (Å²) in [5, 5.41) is 0. The third-order valence-corrected chi connectivity index (χ3v) is 1.62. The molecule has 0 atom stereocenters. The second-order valence-electron chi connectivity index (χ2n) is 2.24. The summed E-state index contributed by atoms with van der Waals surface area (Å²) in [5.74, 6) is -0.750. The van der Waals surface area contributed by atoms with Crippen LogP contribution in [-0.4, -0.2) is 11.6 Å². The second-order valence-corrected chi connectivity index (χ2v) is 2.24. The standard InChI is InChI=1S/C8H4O2/c9-7-5-1-2-6(4-3-5)8(7)10/h1-4H. The average Bonchev–Trinajstić information content (AvgIpc) is 2.00. The van der Waals surface area contributed by atoms with Gasteiger partial charge in [0.2, 0.25) is 11.6 Å². The number of ketones is 2. The van der Waals surface area contributed by atoms with Gasteiger partial charge in [0.25, 0.3) is 0 Å². The predicted octanol–water partition coefficient (Wildman–Crippen LogP) is 1.07. The molecule has 0 unspecified atom stereocenters. The fourth-order valence-corrected chi connectivity index (χ4v) is 1.04. The van der Waals surface area contributed by atoms with E-state index in [9.17, 15) is 9.59 Å². The van der Waals surface area contributed by atoms with Gasteiger partial charge in [-0.05, 0) is 0 Å². The maximum atomic E-state index is 10.9. The Labute approximate surface area is 57.5 Å². The Hall–Kier alpha value is -1.44. The molecular formula is C8H4O2. The molecule has 2 aliphatic rings. The largest absolute Gasteiger partial charge is 0.285 e. The minimum Gasteiger partial charge on any atom is -0.285 e. The number of fused-ring (bicyclic) bond motifs is 3. The number of hydrogen-bond acceptors (Lipinski definition) is 2. The van der Waals surface area contributed by atoms with Crippen LogP contribution in [0.15, 0.2) is 24.3 Å². The van der Waals surface area contributed by atoms with Crippen molar-refractivity contribution in [3.63, 3.8) is 0 Å². The first kappa shape index (κ1) is 5.35.